The number of hydrogen-bond acceptors (Lipinski definition) is 4. The maximum Gasteiger partial charge on any atom is 0.220 e. The van der Waals surface area contributed by atoms with Gasteiger partial charge in [-0.2, -0.15) is 0 Å². The molecule has 24 heavy (non-hydrogen) atoms. The first-order valence-corrected chi connectivity index (χ1v) is 8.60. The second-order valence-electron chi connectivity index (χ2n) is 5.80. The zero-order valence-corrected chi connectivity index (χ0v) is 15.0. The van der Waals surface area contributed by atoms with Crippen molar-refractivity contribution in [2.24, 2.45) is 0 Å². The maximum absolute atomic E-state index is 12.3. The lowest BCUT2D eigenvalue weighted by Gasteiger charge is -2.09. The molecule has 0 aliphatic rings. The Morgan fingerprint density at radius 2 is 1.88 bits per heavy atom. The van der Waals surface area contributed by atoms with Crippen LogP contribution < -0.4 is 10.1 Å². The summed E-state index contributed by atoms with van der Waals surface area (Å²) in [6.07, 6.45) is 3.34. The number of benzene rings is 1. The van der Waals surface area contributed by atoms with Gasteiger partial charge in [-0.3, -0.25) is 9.59 Å². The number of amides is 1. The molecule has 1 aromatic carbocycles. The molecule has 0 aliphatic heterocycles. The highest BCUT2D eigenvalue weighted by Crippen LogP contribution is 2.21. The van der Waals surface area contributed by atoms with E-state index in [4.69, 9.17) is 9.47 Å². The molecule has 0 saturated carbocycles. The summed E-state index contributed by atoms with van der Waals surface area (Å²) >= 11 is 0. The Balaban J connectivity index is 2.27. The average molecular weight is 335 g/mol. The number of methoxy groups -OCH3 is 1. The SMILES string of the molecule is CCCCOCCCNC(=O)CCC(=O)c1cc(C)ccc1OC. The van der Waals surface area contributed by atoms with E-state index in [0.717, 1.165) is 31.4 Å². The third-order valence-electron chi connectivity index (χ3n) is 3.66. The number of carbonyl (C=O) groups is 2. The van der Waals surface area contributed by atoms with Crippen LogP contribution in [0.2, 0.25) is 0 Å². The van der Waals surface area contributed by atoms with Crippen LogP contribution in [0.5, 0.6) is 5.75 Å². The molecule has 1 amide bonds. The van der Waals surface area contributed by atoms with E-state index >= 15 is 0 Å². The predicted molar refractivity (Wildman–Crippen MR) is 94.6 cm³/mol. The maximum atomic E-state index is 12.3. The largest absolute Gasteiger partial charge is 0.496 e. The lowest BCUT2D eigenvalue weighted by molar-refractivity contribution is -0.121. The second-order valence-corrected chi connectivity index (χ2v) is 5.80. The summed E-state index contributed by atoms with van der Waals surface area (Å²) in [6, 6.07) is 5.47. The summed E-state index contributed by atoms with van der Waals surface area (Å²) in [6.45, 7) is 6.05. The minimum Gasteiger partial charge on any atom is -0.496 e. The number of ether oxygens (including phenoxy) is 2. The molecule has 0 radical (unpaired) electrons. The minimum absolute atomic E-state index is 0.0754. The molecule has 0 aliphatic carbocycles. The Hall–Kier alpha value is -1.88. The standard InChI is InChI=1S/C19H29NO4/c1-4-5-12-24-13-6-11-20-19(22)10-8-17(21)16-14-15(2)7-9-18(16)23-3/h7,9,14H,4-6,8,10-13H2,1-3H3,(H,20,22). The van der Waals surface area contributed by atoms with Crippen LogP contribution in [0.3, 0.4) is 0 Å². The number of rotatable bonds is 12. The molecule has 1 aromatic rings. The molecule has 134 valence electrons. The van der Waals surface area contributed by atoms with Crippen LogP contribution in [0.15, 0.2) is 18.2 Å². The Morgan fingerprint density at radius 3 is 2.58 bits per heavy atom. The molecular weight excluding hydrogens is 306 g/mol. The van der Waals surface area contributed by atoms with Gasteiger partial charge in [0.05, 0.1) is 12.7 Å². The molecule has 1 N–H and O–H groups in total. The lowest BCUT2D eigenvalue weighted by atomic mass is 10.0. The zero-order chi connectivity index (χ0) is 17.8. The molecule has 0 unspecified atom stereocenters. The quantitative estimate of drug-likeness (QED) is 0.470. The molecule has 5 nitrogen and oxygen atoms in total. The summed E-state index contributed by atoms with van der Waals surface area (Å²) < 4.78 is 10.6. The van der Waals surface area contributed by atoms with Crippen molar-refractivity contribution in [3.63, 3.8) is 0 Å². The lowest BCUT2D eigenvalue weighted by Crippen LogP contribution is -2.25. The number of hydrogen-bond donors (Lipinski definition) is 1. The average Bonchev–Trinajstić information content (AvgIpc) is 2.58. The van der Waals surface area contributed by atoms with E-state index in [-0.39, 0.29) is 24.5 Å². The zero-order valence-electron chi connectivity index (χ0n) is 15.0. The van der Waals surface area contributed by atoms with Crippen molar-refractivity contribution >= 4 is 11.7 Å². The van der Waals surface area contributed by atoms with E-state index in [9.17, 15) is 9.59 Å². The number of nitrogens with one attached hydrogen (secondary N) is 1. The number of aryl methyl sites for hydroxylation is 1. The van der Waals surface area contributed by atoms with Crippen molar-refractivity contribution in [2.75, 3.05) is 26.9 Å². The van der Waals surface area contributed by atoms with Gasteiger partial charge in [0, 0.05) is 32.6 Å². The summed E-state index contributed by atoms with van der Waals surface area (Å²) in [5, 5.41) is 2.82. The van der Waals surface area contributed by atoms with E-state index in [1.807, 2.05) is 13.0 Å². The summed E-state index contributed by atoms with van der Waals surface area (Å²) in [7, 11) is 1.54. The van der Waals surface area contributed by atoms with E-state index in [1.165, 1.54) is 7.11 Å². The van der Waals surface area contributed by atoms with Crippen molar-refractivity contribution in [2.45, 2.75) is 46.0 Å². The molecule has 0 spiro atoms. The highest BCUT2D eigenvalue weighted by atomic mass is 16.5. The fourth-order valence-corrected chi connectivity index (χ4v) is 2.24. The highest BCUT2D eigenvalue weighted by molar-refractivity contribution is 6.00. The van der Waals surface area contributed by atoms with Crippen molar-refractivity contribution in [1.82, 2.24) is 5.32 Å². The monoisotopic (exact) mass is 335 g/mol. The molecule has 0 saturated heterocycles. The van der Waals surface area contributed by atoms with Crippen molar-refractivity contribution in [1.29, 1.82) is 0 Å². The summed E-state index contributed by atoms with van der Waals surface area (Å²) in [5.74, 6) is 0.368. The second kappa shape index (κ2) is 11.6. The van der Waals surface area contributed by atoms with Gasteiger partial charge in [-0.1, -0.05) is 25.0 Å². The highest BCUT2D eigenvalue weighted by Gasteiger charge is 2.14. The third-order valence-corrected chi connectivity index (χ3v) is 3.66. The van der Waals surface area contributed by atoms with Crippen molar-refractivity contribution in [3.8, 4) is 5.75 Å². The first-order chi connectivity index (χ1) is 11.6. The molecule has 5 heteroatoms. The van der Waals surface area contributed by atoms with Gasteiger partial charge in [-0.25, -0.2) is 0 Å². The van der Waals surface area contributed by atoms with Crippen molar-refractivity contribution in [3.05, 3.63) is 29.3 Å². The van der Waals surface area contributed by atoms with Crippen LogP contribution >= 0.6 is 0 Å². The number of unbranched alkanes of at least 4 members (excludes halogenated alkanes) is 1. The van der Waals surface area contributed by atoms with Crippen LogP contribution in [-0.2, 0) is 9.53 Å². The van der Waals surface area contributed by atoms with E-state index in [0.29, 0.717) is 24.5 Å². The van der Waals surface area contributed by atoms with Gasteiger partial charge in [0.15, 0.2) is 5.78 Å². The normalized spacial score (nSPS) is 10.5. The summed E-state index contributed by atoms with van der Waals surface area (Å²) in [5.41, 5.74) is 1.53. The molecule has 0 atom stereocenters. The Bertz CT molecular complexity index is 528. The molecule has 0 bridgehead atoms. The fourth-order valence-electron chi connectivity index (χ4n) is 2.24. The minimum atomic E-state index is -0.108. The molecular formula is C19H29NO4. The van der Waals surface area contributed by atoms with Crippen LogP contribution in [-0.4, -0.2) is 38.6 Å². The summed E-state index contributed by atoms with van der Waals surface area (Å²) in [4.78, 5) is 24.1. The first kappa shape index (κ1) is 20.2. The first-order valence-electron chi connectivity index (χ1n) is 8.60. The topological polar surface area (TPSA) is 64.6 Å². The van der Waals surface area contributed by atoms with Gasteiger partial charge in [0.2, 0.25) is 5.91 Å². The van der Waals surface area contributed by atoms with E-state index in [1.54, 1.807) is 12.1 Å². The predicted octanol–water partition coefficient (Wildman–Crippen LogP) is 3.29. The van der Waals surface area contributed by atoms with Crippen molar-refractivity contribution < 1.29 is 19.1 Å². The van der Waals surface area contributed by atoms with Crippen LogP contribution in [0.4, 0.5) is 0 Å². The van der Waals surface area contributed by atoms with E-state index in [2.05, 4.69) is 12.2 Å². The van der Waals surface area contributed by atoms with Gasteiger partial charge in [-0.05, 0) is 31.9 Å². The van der Waals surface area contributed by atoms with Gasteiger partial charge in [-0.15, -0.1) is 0 Å². The van der Waals surface area contributed by atoms with Gasteiger partial charge >= 0.3 is 0 Å². The van der Waals surface area contributed by atoms with Gasteiger partial charge < -0.3 is 14.8 Å². The Kier molecular flexibility index (Phi) is 9.77. The molecule has 0 fully saturated rings. The van der Waals surface area contributed by atoms with Crippen LogP contribution in [0.1, 0.15) is 54.9 Å². The van der Waals surface area contributed by atoms with Crippen LogP contribution in [0, 0.1) is 6.92 Å². The Morgan fingerprint density at radius 1 is 1.12 bits per heavy atom. The van der Waals surface area contributed by atoms with Gasteiger partial charge in [0.25, 0.3) is 0 Å². The van der Waals surface area contributed by atoms with Crippen LogP contribution in [0.25, 0.3) is 0 Å². The van der Waals surface area contributed by atoms with Gasteiger partial charge in [0.1, 0.15) is 5.75 Å². The molecule has 1 rings (SSSR count). The molecule has 0 aromatic heterocycles. The molecule has 0 heterocycles. The Labute approximate surface area is 144 Å². The fraction of sp³-hybridized carbons (Fsp3) is 0.579. The third kappa shape index (κ3) is 7.59. The number of carbonyl (C=O) groups excluding carboxylic acids is 2. The van der Waals surface area contributed by atoms with E-state index < -0.39 is 0 Å². The smallest absolute Gasteiger partial charge is 0.220 e. The number of ketones is 1. The number of Topliss-reactive ketones (excluding diaryl/α,β-unsaturated/α-hetero) is 1.